The Morgan fingerprint density at radius 2 is 1.89 bits per heavy atom. The first kappa shape index (κ1) is 17.7. The molecule has 4 rings (SSSR count). The molecule has 5 nitrogen and oxygen atoms in total. The molecular weight excluding hydrogens is 408 g/mol. The molecule has 0 unspecified atom stereocenters. The second-order valence-corrected chi connectivity index (χ2v) is 7.22. The number of aromatic nitrogens is 2. The fourth-order valence-corrected chi connectivity index (χ4v) is 3.41. The second kappa shape index (κ2) is 7.50. The highest BCUT2D eigenvalue weighted by atomic mass is 79.9. The molecular formula is C21H17BrN2O3. The average molecular weight is 425 g/mol. The van der Waals surface area contributed by atoms with Gasteiger partial charge in [-0.2, -0.15) is 0 Å². The molecule has 3 aromatic carbocycles. The summed E-state index contributed by atoms with van der Waals surface area (Å²) in [7, 11) is 0. The van der Waals surface area contributed by atoms with Crippen LogP contribution >= 0.6 is 15.9 Å². The molecule has 0 fully saturated rings. The third kappa shape index (κ3) is 3.72. The highest BCUT2D eigenvalue weighted by molar-refractivity contribution is 9.10. The van der Waals surface area contributed by atoms with E-state index >= 15 is 0 Å². The van der Waals surface area contributed by atoms with E-state index < -0.39 is 6.10 Å². The summed E-state index contributed by atoms with van der Waals surface area (Å²) in [4.78, 5) is 16.9. The van der Waals surface area contributed by atoms with Crippen molar-refractivity contribution in [3.8, 4) is 5.75 Å². The lowest BCUT2D eigenvalue weighted by molar-refractivity contribution is 0.0922. The Morgan fingerprint density at radius 1 is 1.07 bits per heavy atom. The van der Waals surface area contributed by atoms with Gasteiger partial charge in [-0.3, -0.25) is 9.36 Å². The van der Waals surface area contributed by atoms with Gasteiger partial charge in [0.1, 0.15) is 18.5 Å². The predicted octanol–water partition coefficient (Wildman–Crippen LogP) is 3.75. The summed E-state index contributed by atoms with van der Waals surface area (Å²) < 4.78 is 8.03. The highest BCUT2D eigenvalue weighted by Gasteiger charge is 2.11. The minimum Gasteiger partial charge on any atom is -0.490 e. The summed E-state index contributed by atoms with van der Waals surface area (Å²) in [6.45, 7) is 0.190. The summed E-state index contributed by atoms with van der Waals surface area (Å²) in [6, 6.07) is 19.1. The summed E-state index contributed by atoms with van der Waals surface area (Å²) in [5.41, 5.74) is 0.437. The number of hydrogen-bond acceptors (Lipinski definition) is 4. The first-order valence-corrected chi connectivity index (χ1v) is 9.34. The minimum atomic E-state index is -0.840. The molecule has 1 heterocycles. The average Bonchev–Trinajstić information content (AvgIpc) is 2.69. The Balaban J connectivity index is 1.51. The lowest BCUT2D eigenvalue weighted by Crippen LogP contribution is -2.30. The van der Waals surface area contributed by atoms with E-state index in [1.165, 1.54) is 10.9 Å². The number of hydrogen-bond donors (Lipinski definition) is 1. The van der Waals surface area contributed by atoms with Crippen LogP contribution in [0.5, 0.6) is 5.75 Å². The zero-order valence-corrected chi connectivity index (χ0v) is 16.0. The molecule has 27 heavy (non-hydrogen) atoms. The van der Waals surface area contributed by atoms with E-state index in [-0.39, 0.29) is 18.7 Å². The summed E-state index contributed by atoms with van der Waals surface area (Å²) in [6.07, 6.45) is 0.618. The molecule has 0 bridgehead atoms. The molecule has 0 saturated carbocycles. The molecule has 0 aliphatic heterocycles. The maximum Gasteiger partial charge on any atom is 0.261 e. The van der Waals surface area contributed by atoms with Gasteiger partial charge in [0.2, 0.25) is 0 Å². The van der Waals surface area contributed by atoms with Crippen LogP contribution in [0.4, 0.5) is 0 Å². The van der Waals surface area contributed by atoms with Gasteiger partial charge in [-0.25, -0.2) is 4.98 Å². The zero-order valence-electron chi connectivity index (χ0n) is 14.4. The number of aliphatic hydroxyl groups is 1. The van der Waals surface area contributed by atoms with Crippen molar-refractivity contribution in [2.75, 3.05) is 6.61 Å². The van der Waals surface area contributed by atoms with Crippen molar-refractivity contribution in [3.63, 3.8) is 0 Å². The van der Waals surface area contributed by atoms with Crippen LogP contribution in [0.3, 0.4) is 0 Å². The van der Waals surface area contributed by atoms with Crippen LogP contribution in [0.25, 0.3) is 21.7 Å². The largest absolute Gasteiger partial charge is 0.490 e. The van der Waals surface area contributed by atoms with Crippen LogP contribution in [-0.2, 0) is 6.54 Å². The smallest absolute Gasteiger partial charge is 0.261 e. The quantitative estimate of drug-likeness (QED) is 0.529. The third-order valence-electron chi connectivity index (χ3n) is 4.37. The highest BCUT2D eigenvalue weighted by Crippen LogP contribution is 2.25. The van der Waals surface area contributed by atoms with Crippen LogP contribution in [0.1, 0.15) is 0 Å². The van der Waals surface area contributed by atoms with Crippen molar-refractivity contribution >= 4 is 37.6 Å². The number of fused-ring (bicyclic) bond motifs is 2. The standard InChI is InChI=1S/C21H17BrN2O3/c22-15-8-9-19-18(10-15)21(26)24(13-23-19)11-16(25)12-27-20-7-3-5-14-4-1-2-6-17(14)20/h1-10,13,16,25H,11-12H2/t16-/m1/s1. The van der Waals surface area contributed by atoms with Gasteiger partial charge in [-0.15, -0.1) is 0 Å². The zero-order chi connectivity index (χ0) is 18.8. The van der Waals surface area contributed by atoms with Crippen LogP contribution in [0, 0.1) is 0 Å². The molecule has 1 aromatic heterocycles. The van der Waals surface area contributed by atoms with Crippen molar-refractivity contribution < 1.29 is 9.84 Å². The second-order valence-electron chi connectivity index (χ2n) is 6.31. The molecule has 4 aromatic rings. The molecule has 0 aliphatic carbocycles. The van der Waals surface area contributed by atoms with Crippen molar-refractivity contribution in [1.29, 1.82) is 0 Å². The summed E-state index contributed by atoms with van der Waals surface area (Å²) in [5, 5.41) is 12.9. The molecule has 0 radical (unpaired) electrons. The maximum absolute atomic E-state index is 12.6. The van der Waals surface area contributed by atoms with Gasteiger partial charge in [-0.1, -0.05) is 52.3 Å². The Morgan fingerprint density at radius 3 is 2.78 bits per heavy atom. The van der Waals surface area contributed by atoms with E-state index in [1.54, 1.807) is 12.1 Å². The van der Waals surface area contributed by atoms with E-state index in [1.807, 2.05) is 48.5 Å². The van der Waals surface area contributed by atoms with Gasteiger partial charge in [0.05, 0.1) is 23.8 Å². The van der Waals surface area contributed by atoms with Crippen LogP contribution in [0.15, 0.2) is 76.3 Å². The molecule has 0 aliphatic rings. The first-order valence-electron chi connectivity index (χ1n) is 8.55. The van der Waals surface area contributed by atoms with Crippen molar-refractivity contribution in [3.05, 3.63) is 81.8 Å². The van der Waals surface area contributed by atoms with E-state index in [9.17, 15) is 9.90 Å². The number of halogens is 1. The topological polar surface area (TPSA) is 64.4 Å². The molecule has 0 amide bonds. The predicted molar refractivity (Wildman–Crippen MR) is 109 cm³/mol. The van der Waals surface area contributed by atoms with Crippen molar-refractivity contribution in [2.45, 2.75) is 12.6 Å². The lowest BCUT2D eigenvalue weighted by Gasteiger charge is -2.15. The molecule has 6 heteroatoms. The van der Waals surface area contributed by atoms with Crippen LogP contribution in [-0.4, -0.2) is 27.4 Å². The SMILES string of the molecule is O=c1c2cc(Br)ccc2ncn1C[C@@H](O)COc1cccc2ccccc12. The maximum atomic E-state index is 12.6. The molecule has 0 saturated heterocycles. The normalized spacial score (nSPS) is 12.4. The molecule has 0 spiro atoms. The number of aliphatic hydroxyl groups excluding tert-OH is 1. The van der Waals surface area contributed by atoms with E-state index in [4.69, 9.17) is 4.74 Å². The van der Waals surface area contributed by atoms with Gasteiger partial charge in [-0.05, 0) is 29.7 Å². The van der Waals surface area contributed by atoms with E-state index in [2.05, 4.69) is 20.9 Å². The molecule has 136 valence electrons. The molecule has 1 atom stereocenters. The number of benzene rings is 3. The third-order valence-corrected chi connectivity index (χ3v) is 4.87. The monoisotopic (exact) mass is 424 g/mol. The minimum absolute atomic E-state index is 0.0803. The van der Waals surface area contributed by atoms with Gasteiger partial charge >= 0.3 is 0 Å². The van der Waals surface area contributed by atoms with Gasteiger partial charge in [0, 0.05) is 9.86 Å². The van der Waals surface area contributed by atoms with Gasteiger partial charge < -0.3 is 9.84 Å². The van der Waals surface area contributed by atoms with Gasteiger partial charge in [0.15, 0.2) is 0 Å². The lowest BCUT2D eigenvalue weighted by atomic mass is 10.1. The molecule has 1 N–H and O–H groups in total. The van der Waals surface area contributed by atoms with Crippen molar-refractivity contribution in [2.24, 2.45) is 0 Å². The number of nitrogens with zero attached hydrogens (tertiary/aromatic N) is 2. The fourth-order valence-electron chi connectivity index (χ4n) is 3.05. The van der Waals surface area contributed by atoms with Gasteiger partial charge in [0.25, 0.3) is 5.56 Å². The Kier molecular flexibility index (Phi) is 4.92. The van der Waals surface area contributed by atoms with Crippen LogP contribution in [0.2, 0.25) is 0 Å². The van der Waals surface area contributed by atoms with E-state index in [0.717, 1.165) is 15.2 Å². The van der Waals surface area contributed by atoms with Crippen LogP contribution < -0.4 is 10.3 Å². The first-order chi connectivity index (χ1) is 13.1. The Labute approximate surface area is 164 Å². The fraction of sp³-hybridized carbons (Fsp3) is 0.143. The Bertz CT molecular complexity index is 1170. The number of rotatable bonds is 5. The number of ether oxygens (including phenoxy) is 1. The van der Waals surface area contributed by atoms with Crippen molar-refractivity contribution in [1.82, 2.24) is 9.55 Å². The van der Waals surface area contributed by atoms with E-state index in [0.29, 0.717) is 16.7 Å². The Hall–Kier alpha value is -2.70. The summed E-state index contributed by atoms with van der Waals surface area (Å²) in [5.74, 6) is 0.708. The summed E-state index contributed by atoms with van der Waals surface area (Å²) >= 11 is 3.37.